The monoisotopic (exact) mass is 534 g/mol. The number of nitrogens with zero attached hydrogens (tertiary/aromatic N) is 6. The Morgan fingerprint density at radius 1 is 0.789 bits per heavy atom. The molecule has 194 valence electrons. The van der Waals surface area contributed by atoms with Crippen LogP contribution in [0.1, 0.15) is 5.56 Å². The van der Waals surface area contributed by atoms with Crippen LogP contribution in [0.5, 0.6) is 0 Å². The van der Waals surface area contributed by atoms with Crippen molar-refractivity contribution in [1.29, 1.82) is 0 Å². The Morgan fingerprint density at radius 3 is 2.00 bits per heavy atom. The molecule has 12 nitrogen and oxygen atoms in total. The summed E-state index contributed by atoms with van der Waals surface area (Å²) in [6, 6.07) is 19.5. The van der Waals surface area contributed by atoms with Crippen LogP contribution in [0.2, 0.25) is 0 Å². The van der Waals surface area contributed by atoms with Gasteiger partial charge < -0.3 is 4.90 Å². The molecule has 1 aliphatic heterocycles. The molecule has 0 atom stereocenters. The second-order valence-electron chi connectivity index (χ2n) is 8.83. The first-order valence-corrected chi connectivity index (χ1v) is 13.1. The zero-order valence-corrected chi connectivity index (χ0v) is 21.0. The van der Waals surface area contributed by atoms with Gasteiger partial charge >= 0.3 is 0 Å². The molecule has 1 fully saturated rings. The first kappa shape index (κ1) is 25.2. The van der Waals surface area contributed by atoms with E-state index in [1.807, 2.05) is 59.5 Å². The number of anilines is 1. The average molecular weight is 535 g/mol. The molecule has 0 N–H and O–H groups in total. The van der Waals surface area contributed by atoms with Crippen molar-refractivity contribution in [1.82, 2.24) is 14.5 Å². The second kappa shape index (κ2) is 9.76. The molecule has 1 aromatic heterocycles. The number of hydrogen-bond acceptors (Lipinski definition) is 9. The van der Waals surface area contributed by atoms with Gasteiger partial charge in [0.2, 0.25) is 10.0 Å². The summed E-state index contributed by atoms with van der Waals surface area (Å²) in [5, 5.41) is 33.7. The van der Waals surface area contributed by atoms with Gasteiger partial charge in [0, 0.05) is 43.9 Å². The van der Waals surface area contributed by atoms with Crippen molar-refractivity contribution in [3.05, 3.63) is 92.5 Å². The molecule has 0 bridgehead atoms. The number of sulfonamides is 1. The smallest absolute Gasteiger partial charge is 0.280 e. The molecule has 5 rings (SSSR count). The fourth-order valence-electron chi connectivity index (χ4n) is 4.49. The van der Waals surface area contributed by atoms with Crippen molar-refractivity contribution in [2.24, 2.45) is 0 Å². The van der Waals surface area contributed by atoms with Gasteiger partial charge in [0.1, 0.15) is 5.56 Å². The summed E-state index contributed by atoms with van der Waals surface area (Å²) in [7, 11) is -4.20. The fourth-order valence-corrected chi connectivity index (χ4v) is 5.95. The highest BCUT2D eigenvalue weighted by molar-refractivity contribution is 7.89. The zero-order valence-electron chi connectivity index (χ0n) is 20.2. The molecule has 0 radical (unpaired) electrons. The molecule has 4 aromatic rings. The third kappa shape index (κ3) is 4.64. The van der Waals surface area contributed by atoms with Crippen molar-refractivity contribution in [3.8, 4) is 11.3 Å². The van der Waals surface area contributed by atoms with Gasteiger partial charge in [-0.1, -0.05) is 36.4 Å². The van der Waals surface area contributed by atoms with Crippen LogP contribution >= 0.6 is 0 Å². The van der Waals surface area contributed by atoms with Crippen LogP contribution in [-0.4, -0.2) is 58.9 Å². The summed E-state index contributed by atoms with van der Waals surface area (Å²) >= 11 is 0. The standard InChI is InChI=1S/C25H22N6O6S/c1-17-23(30(32)33)15-21(16-24(17)31(34)35)38(36,37)29-12-10-28(11-13-29)25-9-8-22(26-27-25)20-7-6-18-4-2-3-5-19(18)14-20/h2-9,14-16H,10-13H2,1H3. The maximum absolute atomic E-state index is 13.2. The molecule has 0 spiro atoms. The van der Waals surface area contributed by atoms with Crippen molar-refractivity contribution < 1.29 is 18.3 Å². The van der Waals surface area contributed by atoms with E-state index in [1.54, 1.807) is 0 Å². The normalized spacial score (nSPS) is 14.5. The molecule has 1 aliphatic rings. The van der Waals surface area contributed by atoms with Crippen LogP contribution < -0.4 is 4.90 Å². The molecule has 1 saturated heterocycles. The maximum Gasteiger partial charge on any atom is 0.280 e. The van der Waals surface area contributed by atoms with E-state index in [-0.39, 0.29) is 18.7 Å². The minimum Gasteiger partial charge on any atom is -0.352 e. The number of piperazine rings is 1. The summed E-state index contributed by atoms with van der Waals surface area (Å²) in [5.74, 6) is 0.591. The van der Waals surface area contributed by atoms with E-state index in [2.05, 4.69) is 10.2 Å². The molecule has 0 unspecified atom stereocenters. The predicted octanol–water partition coefficient (Wildman–Crippen LogP) is 3.93. The van der Waals surface area contributed by atoms with Gasteiger partial charge in [-0.15, -0.1) is 10.2 Å². The molecular weight excluding hydrogens is 512 g/mol. The van der Waals surface area contributed by atoms with Gasteiger partial charge in [0.25, 0.3) is 11.4 Å². The summed E-state index contributed by atoms with van der Waals surface area (Å²) in [6.07, 6.45) is 0. The number of rotatable bonds is 6. The minimum absolute atomic E-state index is 0.0753. The summed E-state index contributed by atoms with van der Waals surface area (Å²) in [5.41, 5.74) is 0.217. The van der Waals surface area contributed by atoms with Crippen molar-refractivity contribution in [3.63, 3.8) is 0 Å². The first-order chi connectivity index (χ1) is 18.1. The molecule has 38 heavy (non-hydrogen) atoms. The van der Waals surface area contributed by atoms with Crippen molar-refractivity contribution in [2.45, 2.75) is 11.8 Å². The van der Waals surface area contributed by atoms with E-state index in [1.165, 1.54) is 11.2 Å². The molecule has 0 aliphatic carbocycles. The maximum atomic E-state index is 13.2. The Kier molecular flexibility index (Phi) is 6.46. The average Bonchev–Trinajstić information content (AvgIpc) is 2.92. The number of hydrogen-bond donors (Lipinski definition) is 0. The number of aromatic nitrogens is 2. The van der Waals surface area contributed by atoms with E-state index in [9.17, 15) is 28.6 Å². The van der Waals surface area contributed by atoms with Gasteiger partial charge in [-0.25, -0.2) is 8.42 Å². The number of nitro groups is 2. The quantitative estimate of drug-likeness (QED) is 0.264. The lowest BCUT2D eigenvalue weighted by atomic mass is 10.1. The van der Waals surface area contributed by atoms with E-state index in [4.69, 9.17) is 0 Å². The SMILES string of the molecule is Cc1c([N+](=O)[O-])cc(S(=O)(=O)N2CCN(c3ccc(-c4ccc5ccccc5c4)nn3)CC2)cc1[N+](=O)[O-]. The molecule has 0 saturated carbocycles. The Hall–Kier alpha value is -4.49. The van der Waals surface area contributed by atoms with E-state index < -0.39 is 36.1 Å². The zero-order chi connectivity index (χ0) is 27.0. The number of benzene rings is 3. The topological polar surface area (TPSA) is 153 Å². The van der Waals surface area contributed by atoms with Crippen molar-refractivity contribution >= 4 is 38.0 Å². The molecular formula is C25H22N6O6S. The highest BCUT2D eigenvalue weighted by Crippen LogP contribution is 2.33. The van der Waals surface area contributed by atoms with E-state index in [0.29, 0.717) is 24.6 Å². The Bertz CT molecular complexity index is 1630. The second-order valence-corrected chi connectivity index (χ2v) is 10.8. The van der Waals surface area contributed by atoms with Crippen LogP contribution in [0.15, 0.2) is 71.6 Å². The Labute approximate surface area is 217 Å². The van der Waals surface area contributed by atoms with Gasteiger partial charge in [0.15, 0.2) is 5.82 Å². The number of nitro benzene ring substituents is 2. The lowest BCUT2D eigenvalue weighted by Gasteiger charge is -2.34. The first-order valence-electron chi connectivity index (χ1n) is 11.7. The van der Waals surface area contributed by atoms with Crippen LogP contribution in [-0.2, 0) is 10.0 Å². The fraction of sp³-hybridized carbons (Fsp3) is 0.200. The molecule has 0 amide bonds. The predicted molar refractivity (Wildman–Crippen MR) is 140 cm³/mol. The van der Waals surface area contributed by atoms with Crippen LogP contribution in [0.4, 0.5) is 17.2 Å². The molecule has 3 aromatic carbocycles. The highest BCUT2D eigenvalue weighted by Gasteiger charge is 2.33. The van der Waals surface area contributed by atoms with Gasteiger partial charge in [-0.05, 0) is 35.9 Å². The van der Waals surface area contributed by atoms with E-state index >= 15 is 0 Å². The van der Waals surface area contributed by atoms with Crippen LogP contribution in [0.3, 0.4) is 0 Å². The Balaban J connectivity index is 1.32. The van der Waals surface area contributed by atoms with Gasteiger partial charge in [0.05, 0.1) is 20.4 Å². The lowest BCUT2D eigenvalue weighted by molar-refractivity contribution is -0.395. The van der Waals surface area contributed by atoms with E-state index in [0.717, 1.165) is 28.5 Å². The van der Waals surface area contributed by atoms with Gasteiger partial charge in [-0.3, -0.25) is 20.2 Å². The third-order valence-corrected chi connectivity index (χ3v) is 8.49. The lowest BCUT2D eigenvalue weighted by Crippen LogP contribution is -2.49. The van der Waals surface area contributed by atoms with Crippen LogP contribution in [0.25, 0.3) is 22.0 Å². The van der Waals surface area contributed by atoms with Gasteiger partial charge in [-0.2, -0.15) is 4.31 Å². The largest absolute Gasteiger partial charge is 0.352 e. The van der Waals surface area contributed by atoms with Crippen LogP contribution in [0, 0.1) is 27.2 Å². The minimum atomic E-state index is -4.20. The molecule has 2 heterocycles. The summed E-state index contributed by atoms with van der Waals surface area (Å²) in [4.78, 5) is 22.5. The summed E-state index contributed by atoms with van der Waals surface area (Å²) in [6.45, 7) is 1.98. The molecule has 13 heteroatoms. The highest BCUT2D eigenvalue weighted by atomic mass is 32.2. The summed E-state index contributed by atoms with van der Waals surface area (Å²) < 4.78 is 27.6. The Morgan fingerprint density at radius 2 is 1.42 bits per heavy atom. The third-order valence-electron chi connectivity index (χ3n) is 6.62. The van der Waals surface area contributed by atoms with Crippen molar-refractivity contribution in [2.75, 3.05) is 31.1 Å². The number of fused-ring (bicyclic) bond motifs is 1.